The van der Waals surface area contributed by atoms with Crippen molar-refractivity contribution in [2.75, 3.05) is 11.5 Å². The monoisotopic (exact) mass is 266 g/mol. The van der Waals surface area contributed by atoms with E-state index in [2.05, 4.69) is 0 Å². The summed E-state index contributed by atoms with van der Waals surface area (Å²) in [6.45, 7) is 1.61. The summed E-state index contributed by atoms with van der Waals surface area (Å²) in [5.74, 6) is 0.228. The molecule has 0 aliphatic heterocycles. The van der Waals surface area contributed by atoms with E-state index in [0.717, 1.165) is 0 Å². The molecular formula is C10H15ClO4S. The fourth-order valence-corrected chi connectivity index (χ4v) is 2.47. The van der Waals surface area contributed by atoms with E-state index >= 15 is 0 Å². The Labute approximate surface area is 100 Å². The summed E-state index contributed by atoms with van der Waals surface area (Å²) in [5, 5.41) is 9.88. The second-order valence-electron chi connectivity index (χ2n) is 3.54. The van der Waals surface area contributed by atoms with Gasteiger partial charge < -0.3 is 9.52 Å². The maximum atomic E-state index is 11.2. The normalized spacial score (nSPS) is 13.9. The van der Waals surface area contributed by atoms with Gasteiger partial charge in [0, 0.05) is 11.3 Å². The fraction of sp³-hybridized carbons (Fsp3) is 0.600. The van der Waals surface area contributed by atoms with Crippen molar-refractivity contribution in [3.8, 4) is 0 Å². The molecule has 16 heavy (non-hydrogen) atoms. The van der Waals surface area contributed by atoms with Crippen LogP contribution in [0.3, 0.4) is 0 Å². The molecule has 1 atom stereocenters. The highest BCUT2D eigenvalue weighted by Crippen LogP contribution is 2.26. The van der Waals surface area contributed by atoms with Crippen molar-refractivity contribution in [1.29, 1.82) is 0 Å². The zero-order valence-electron chi connectivity index (χ0n) is 9.02. The second-order valence-corrected chi connectivity index (χ2v) is 6.36. The summed E-state index contributed by atoms with van der Waals surface area (Å²) in [6, 6.07) is 1.58. The molecule has 1 N–H and O–H groups in total. The molecule has 0 bridgehead atoms. The lowest BCUT2D eigenvalue weighted by Gasteiger charge is -2.08. The van der Waals surface area contributed by atoms with E-state index in [1.165, 1.54) is 6.26 Å². The number of furan rings is 1. The van der Waals surface area contributed by atoms with E-state index in [1.807, 2.05) is 0 Å². The van der Waals surface area contributed by atoms with Crippen molar-refractivity contribution >= 4 is 21.4 Å². The maximum absolute atomic E-state index is 11.2. The van der Waals surface area contributed by atoms with Gasteiger partial charge in [0.15, 0.2) is 5.22 Å². The molecule has 1 unspecified atom stereocenters. The van der Waals surface area contributed by atoms with E-state index < -0.39 is 15.9 Å². The van der Waals surface area contributed by atoms with Crippen LogP contribution in [0, 0.1) is 0 Å². The quantitative estimate of drug-likeness (QED) is 0.857. The van der Waals surface area contributed by atoms with Crippen LogP contribution >= 0.6 is 11.6 Å². The van der Waals surface area contributed by atoms with Crippen LogP contribution in [0.2, 0.25) is 5.22 Å². The Bertz CT molecular complexity index is 424. The van der Waals surface area contributed by atoms with Gasteiger partial charge in [0.2, 0.25) is 0 Å². The van der Waals surface area contributed by atoms with Crippen molar-refractivity contribution in [1.82, 2.24) is 0 Å². The maximum Gasteiger partial charge on any atom is 0.198 e. The molecule has 0 spiro atoms. The lowest BCUT2D eigenvalue weighted by atomic mass is 10.1. The van der Waals surface area contributed by atoms with Crippen LogP contribution in [0.15, 0.2) is 16.7 Å². The number of rotatable bonds is 6. The standard InChI is InChI=1S/C10H15ClO4S/c1-2-16(13,14)7-3-4-9(12)8-5-6-15-10(8)11/h5-6,9,12H,2-4,7H2,1H3. The molecule has 0 aromatic carbocycles. The van der Waals surface area contributed by atoms with Crippen LogP contribution in [-0.2, 0) is 9.84 Å². The molecule has 4 nitrogen and oxygen atoms in total. The minimum absolute atomic E-state index is 0.0933. The topological polar surface area (TPSA) is 67.5 Å². The van der Waals surface area contributed by atoms with Crippen LogP contribution in [-0.4, -0.2) is 25.0 Å². The summed E-state index contributed by atoms with van der Waals surface area (Å²) in [7, 11) is -2.96. The first-order valence-electron chi connectivity index (χ1n) is 5.07. The lowest BCUT2D eigenvalue weighted by molar-refractivity contribution is 0.166. The van der Waals surface area contributed by atoms with Gasteiger partial charge in [-0.1, -0.05) is 6.92 Å². The summed E-state index contributed by atoms with van der Waals surface area (Å²) < 4.78 is 27.3. The molecule has 92 valence electrons. The molecule has 0 fully saturated rings. The molecule has 1 aromatic heterocycles. The molecule has 0 saturated carbocycles. The Hall–Kier alpha value is -0.520. The third kappa shape index (κ3) is 3.81. The van der Waals surface area contributed by atoms with Crippen molar-refractivity contribution in [2.45, 2.75) is 25.9 Å². The number of aliphatic hydroxyl groups is 1. The first kappa shape index (κ1) is 13.5. The number of aliphatic hydroxyl groups excluding tert-OH is 1. The highest BCUT2D eigenvalue weighted by atomic mass is 35.5. The second kappa shape index (κ2) is 5.70. The Morgan fingerprint density at radius 1 is 1.56 bits per heavy atom. The molecule has 0 saturated heterocycles. The minimum atomic E-state index is -2.96. The Morgan fingerprint density at radius 2 is 2.25 bits per heavy atom. The van der Waals surface area contributed by atoms with Gasteiger partial charge in [-0.3, -0.25) is 0 Å². The van der Waals surface area contributed by atoms with Gasteiger partial charge in [0.05, 0.1) is 18.1 Å². The predicted octanol–water partition coefficient (Wildman–Crippen LogP) is 2.18. The van der Waals surface area contributed by atoms with Gasteiger partial charge in [0.1, 0.15) is 9.84 Å². The van der Waals surface area contributed by atoms with E-state index in [9.17, 15) is 13.5 Å². The average Bonchev–Trinajstić information content (AvgIpc) is 2.64. The predicted molar refractivity (Wildman–Crippen MR) is 62.2 cm³/mol. The van der Waals surface area contributed by atoms with E-state index in [4.69, 9.17) is 16.0 Å². The van der Waals surface area contributed by atoms with Crippen molar-refractivity contribution in [3.05, 3.63) is 23.1 Å². The molecule has 1 rings (SSSR count). The summed E-state index contributed by atoms with van der Waals surface area (Å²) in [4.78, 5) is 0. The number of halogens is 1. The van der Waals surface area contributed by atoms with Gasteiger partial charge in [0.25, 0.3) is 0 Å². The van der Waals surface area contributed by atoms with Crippen molar-refractivity contribution in [3.63, 3.8) is 0 Å². The fourth-order valence-electron chi connectivity index (χ4n) is 1.34. The lowest BCUT2D eigenvalue weighted by Crippen LogP contribution is -2.09. The zero-order chi connectivity index (χ0) is 12.2. The number of hydrogen-bond acceptors (Lipinski definition) is 4. The molecule has 0 amide bonds. The molecule has 1 aromatic rings. The van der Waals surface area contributed by atoms with Crippen LogP contribution < -0.4 is 0 Å². The minimum Gasteiger partial charge on any atom is -0.453 e. The van der Waals surface area contributed by atoms with Crippen LogP contribution in [0.4, 0.5) is 0 Å². The third-order valence-corrected chi connectivity index (χ3v) is 4.48. The molecule has 0 aliphatic rings. The summed E-state index contributed by atoms with van der Waals surface area (Å²) in [5.41, 5.74) is 0.510. The Balaban J connectivity index is 2.43. The van der Waals surface area contributed by atoms with Crippen molar-refractivity contribution in [2.24, 2.45) is 0 Å². The van der Waals surface area contributed by atoms with Gasteiger partial charge in [-0.2, -0.15) is 0 Å². The van der Waals surface area contributed by atoms with Gasteiger partial charge in [-0.05, 0) is 30.5 Å². The first-order chi connectivity index (χ1) is 7.46. The Morgan fingerprint density at radius 3 is 2.75 bits per heavy atom. The third-order valence-electron chi connectivity index (χ3n) is 2.38. The highest BCUT2D eigenvalue weighted by molar-refractivity contribution is 7.91. The number of hydrogen-bond donors (Lipinski definition) is 1. The zero-order valence-corrected chi connectivity index (χ0v) is 10.6. The van der Waals surface area contributed by atoms with Crippen LogP contribution in [0.25, 0.3) is 0 Å². The smallest absolute Gasteiger partial charge is 0.198 e. The first-order valence-corrected chi connectivity index (χ1v) is 7.27. The van der Waals surface area contributed by atoms with Crippen LogP contribution in [0.1, 0.15) is 31.4 Å². The van der Waals surface area contributed by atoms with E-state index in [0.29, 0.717) is 18.4 Å². The summed E-state index contributed by atoms with van der Waals surface area (Å²) >= 11 is 5.69. The largest absolute Gasteiger partial charge is 0.453 e. The van der Waals surface area contributed by atoms with Gasteiger partial charge in [-0.25, -0.2) is 8.42 Å². The van der Waals surface area contributed by atoms with Gasteiger partial charge in [-0.15, -0.1) is 0 Å². The molecule has 0 aliphatic carbocycles. The van der Waals surface area contributed by atoms with E-state index in [1.54, 1.807) is 13.0 Å². The molecule has 6 heteroatoms. The van der Waals surface area contributed by atoms with E-state index in [-0.39, 0.29) is 16.7 Å². The van der Waals surface area contributed by atoms with Gasteiger partial charge >= 0.3 is 0 Å². The van der Waals surface area contributed by atoms with Crippen LogP contribution in [0.5, 0.6) is 0 Å². The summed E-state index contributed by atoms with van der Waals surface area (Å²) in [6.07, 6.45) is 1.40. The molecule has 0 radical (unpaired) electrons. The highest BCUT2D eigenvalue weighted by Gasteiger charge is 2.15. The average molecular weight is 267 g/mol. The molecular weight excluding hydrogens is 252 g/mol. The Kier molecular flexibility index (Phi) is 4.83. The molecule has 1 heterocycles. The van der Waals surface area contributed by atoms with Crippen molar-refractivity contribution < 1.29 is 17.9 Å². The number of sulfone groups is 1. The SMILES string of the molecule is CCS(=O)(=O)CCCC(O)c1ccoc1Cl.